The highest BCUT2D eigenvalue weighted by molar-refractivity contribution is 5.07. The van der Waals surface area contributed by atoms with E-state index in [0.29, 0.717) is 10.8 Å². The van der Waals surface area contributed by atoms with E-state index in [1.165, 1.54) is 90.4 Å². The van der Waals surface area contributed by atoms with E-state index in [9.17, 15) is 0 Å². The molecule has 0 N–H and O–H groups in total. The van der Waals surface area contributed by atoms with Crippen molar-refractivity contribution in [3.05, 3.63) is 0 Å². The minimum atomic E-state index is 0.520. The van der Waals surface area contributed by atoms with Gasteiger partial charge in [-0.05, 0) is 97.7 Å². The molecule has 0 atom stereocenters. The first-order valence-corrected chi connectivity index (χ1v) is 13.5. The lowest BCUT2D eigenvalue weighted by Crippen LogP contribution is -2.66. The predicted octanol–water partition coefficient (Wildman–Crippen LogP) is 6.59. The van der Waals surface area contributed by atoms with Gasteiger partial charge in [-0.3, -0.25) is 9.80 Å². The molecule has 30 heavy (non-hydrogen) atoms. The Morgan fingerprint density at radius 3 is 1.37 bits per heavy atom. The van der Waals surface area contributed by atoms with Crippen LogP contribution in [-0.4, -0.2) is 48.1 Å². The van der Waals surface area contributed by atoms with Crippen LogP contribution in [0.2, 0.25) is 0 Å². The molecule has 2 aliphatic heterocycles. The molecule has 0 aromatic rings. The summed E-state index contributed by atoms with van der Waals surface area (Å²) in [5.74, 6) is 1.93. The van der Waals surface area contributed by atoms with Crippen molar-refractivity contribution in [1.29, 1.82) is 0 Å². The van der Waals surface area contributed by atoms with Gasteiger partial charge in [0.2, 0.25) is 0 Å². The van der Waals surface area contributed by atoms with Crippen molar-refractivity contribution in [2.75, 3.05) is 26.2 Å². The van der Waals surface area contributed by atoms with Crippen molar-refractivity contribution in [3.63, 3.8) is 0 Å². The summed E-state index contributed by atoms with van der Waals surface area (Å²) in [7, 11) is 0. The summed E-state index contributed by atoms with van der Waals surface area (Å²) in [6.07, 6.45) is 14.9. The van der Waals surface area contributed by atoms with Gasteiger partial charge in [-0.25, -0.2) is 0 Å². The zero-order chi connectivity index (χ0) is 21.4. The van der Waals surface area contributed by atoms with Crippen molar-refractivity contribution in [2.24, 2.45) is 33.5 Å². The Bertz CT molecular complexity index is 600. The highest BCUT2D eigenvalue weighted by Gasteiger charge is 2.53. The molecule has 0 aromatic carbocycles. The van der Waals surface area contributed by atoms with Gasteiger partial charge in [0, 0.05) is 38.3 Å². The summed E-state index contributed by atoms with van der Waals surface area (Å²) in [6.45, 7) is 20.4. The number of nitrogens with zero attached hydrogens (tertiary/aromatic N) is 2. The van der Waals surface area contributed by atoms with E-state index in [0.717, 1.165) is 34.7 Å². The topological polar surface area (TPSA) is 6.48 Å². The summed E-state index contributed by atoms with van der Waals surface area (Å²) in [5.41, 5.74) is 2.48. The van der Waals surface area contributed by atoms with Crippen LogP contribution in [0.25, 0.3) is 0 Å². The molecule has 2 spiro atoms. The van der Waals surface area contributed by atoms with E-state index in [1.807, 2.05) is 0 Å². The second-order valence-corrected chi connectivity index (χ2v) is 14.9. The fraction of sp³-hybridized carbons (Fsp3) is 1.00. The van der Waals surface area contributed by atoms with Crippen LogP contribution in [0.3, 0.4) is 0 Å². The lowest BCUT2D eigenvalue weighted by Gasteiger charge is -2.62. The zero-order valence-electron chi connectivity index (χ0n) is 21.1. The fourth-order valence-electron chi connectivity index (χ4n) is 8.05. The van der Waals surface area contributed by atoms with Crippen molar-refractivity contribution in [1.82, 2.24) is 9.80 Å². The van der Waals surface area contributed by atoms with Crippen LogP contribution in [0.5, 0.6) is 0 Å². The molecule has 2 heteroatoms. The number of rotatable bonds is 2. The second-order valence-electron chi connectivity index (χ2n) is 14.9. The van der Waals surface area contributed by atoms with Crippen molar-refractivity contribution >= 4 is 0 Å². The summed E-state index contributed by atoms with van der Waals surface area (Å²) in [5, 5.41) is 0. The minimum absolute atomic E-state index is 0.520. The van der Waals surface area contributed by atoms with E-state index >= 15 is 0 Å². The third kappa shape index (κ3) is 3.91. The van der Waals surface area contributed by atoms with Crippen LogP contribution in [0.4, 0.5) is 0 Å². The van der Waals surface area contributed by atoms with E-state index in [2.05, 4.69) is 51.3 Å². The molecule has 0 amide bonds. The maximum Gasteiger partial charge on any atom is 0.0101 e. The normalized spacial score (nSPS) is 37.6. The molecule has 5 fully saturated rings. The van der Waals surface area contributed by atoms with Crippen LogP contribution in [0.15, 0.2) is 0 Å². The third-order valence-electron chi connectivity index (χ3n) is 10.8. The fourth-order valence-corrected chi connectivity index (χ4v) is 8.05. The largest absolute Gasteiger partial charge is 0.299 e. The Balaban J connectivity index is 1.02. The van der Waals surface area contributed by atoms with E-state index in [1.54, 1.807) is 0 Å². The molecule has 3 saturated carbocycles. The van der Waals surface area contributed by atoms with E-state index in [-0.39, 0.29) is 0 Å². The zero-order valence-corrected chi connectivity index (χ0v) is 21.1. The molecule has 172 valence electrons. The van der Waals surface area contributed by atoms with Gasteiger partial charge in [0.25, 0.3) is 0 Å². The van der Waals surface area contributed by atoms with Gasteiger partial charge >= 0.3 is 0 Å². The Hall–Kier alpha value is -0.0800. The first-order chi connectivity index (χ1) is 14.0. The summed E-state index contributed by atoms with van der Waals surface area (Å²) in [4.78, 5) is 5.76. The van der Waals surface area contributed by atoms with Gasteiger partial charge in [-0.15, -0.1) is 0 Å². The first-order valence-electron chi connectivity index (χ1n) is 13.5. The van der Waals surface area contributed by atoms with Crippen LogP contribution in [-0.2, 0) is 0 Å². The highest BCUT2D eigenvalue weighted by Crippen LogP contribution is 2.54. The van der Waals surface area contributed by atoms with Gasteiger partial charge in [0.15, 0.2) is 0 Å². The first kappa shape index (κ1) is 21.7. The highest BCUT2D eigenvalue weighted by atomic mass is 15.3. The van der Waals surface area contributed by atoms with Crippen LogP contribution in [0, 0.1) is 33.5 Å². The molecule has 0 bridgehead atoms. The molecule has 0 unspecified atom stereocenters. The van der Waals surface area contributed by atoms with Crippen molar-refractivity contribution in [3.8, 4) is 0 Å². The van der Waals surface area contributed by atoms with Gasteiger partial charge < -0.3 is 0 Å². The predicted molar refractivity (Wildman–Crippen MR) is 128 cm³/mol. The van der Waals surface area contributed by atoms with Gasteiger partial charge in [0.05, 0.1) is 0 Å². The minimum Gasteiger partial charge on any atom is -0.299 e. The summed E-state index contributed by atoms with van der Waals surface area (Å²) in [6, 6.07) is 1.85. The van der Waals surface area contributed by atoms with Gasteiger partial charge in [0.1, 0.15) is 0 Å². The van der Waals surface area contributed by atoms with Gasteiger partial charge in [-0.1, -0.05) is 41.5 Å². The Morgan fingerprint density at radius 2 is 0.933 bits per heavy atom. The van der Waals surface area contributed by atoms with E-state index < -0.39 is 0 Å². The molecule has 3 aliphatic carbocycles. The van der Waals surface area contributed by atoms with Crippen molar-refractivity contribution in [2.45, 2.75) is 118 Å². The molecule has 2 nitrogen and oxygen atoms in total. The Labute approximate surface area is 187 Å². The molecular weight excluding hydrogens is 364 g/mol. The lowest BCUT2D eigenvalue weighted by atomic mass is 9.59. The third-order valence-corrected chi connectivity index (χ3v) is 10.8. The standard InChI is InChI=1S/C28H50N2/c1-25(2,3)21-7-11-27(12-8-21)17-29(18-27)23-9-13-28(14-10-23)19-30(20-28)24-15-22(16-24)26(4,5)6/h21-24H,7-20H2,1-6H3. The molecular formula is C28H50N2. The van der Waals surface area contributed by atoms with Crippen LogP contribution < -0.4 is 0 Å². The number of hydrogen-bond acceptors (Lipinski definition) is 2. The lowest BCUT2D eigenvalue weighted by molar-refractivity contribution is -0.124. The maximum atomic E-state index is 2.90. The molecule has 0 radical (unpaired) electrons. The molecule has 5 aliphatic rings. The molecule has 2 saturated heterocycles. The monoisotopic (exact) mass is 414 g/mol. The summed E-state index contributed by atoms with van der Waals surface area (Å²) < 4.78 is 0. The molecule has 5 rings (SSSR count). The average molecular weight is 415 g/mol. The SMILES string of the molecule is CC(C)(C)C1CCC2(CC1)CN(C1CCC3(CC1)CN(C1CC(C(C)(C)C)C1)C3)C2. The number of hydrogen-bond donors (Lipinski definition) is 0. The summed E-state index contributed by atoms with van der Waals surface area (Å²) >= 11 is 0. The second kappa shape index (κ2) is 7.21. The van der Waals surface area contributed by atoms with Gasteiger partial charge in [-0.2, -0.15) is 0 Å². The molecule has 0 aromatic heterocycles. The smallest absolute Gasteiger partial charge is 0.0101 e. The van der Waals surface area contributed by atoms with Crippen LogP contribution in [0.1, 0.15) is 106 Å². The maximum absolute atomic E-state index is 2.90. The number of likely N-dealkylation sites (tertiary alicyclic amines) is 2. The van der Waals surface area contributed by atoms with E-state index in [4.69, 9.17) is 0 Å². The quantitative estimate of drug-likeness (QED) is 0.502. The Kier molecular flexibility index (Phi) is 5.23. The van der Waals surface area contributed by atoms with Crippen LogP contribution >= 0.6 is 0 Å². The molecule has 2 heterocycles. The Morgan fingerprint density at radius 1 is 0.533 bits per heavy atom. The van der Waals surface area contributed by atoms with Crippen molar-refractivity contribution < 1.29 is 0 Å². The average Bonchev–Trinajstić information content (AvgIpc) is 2.55.